The van der Waals surface area contributed by atoms with Crippen LogP contribution in [0.4, 0.5) is 17.1 Å². The predicted molar refractivity (Wildman–Crippen MR) is 99.1 cm³/mol. The fourth-order valence-corrected chi connectivity index (χ4v) is 2.81. The fourth-order valence-electron chi connectivity index (χ4n) is 2.58. The van der Waals surface area contributed by atoms with Crippen molar-refractivity contribution in [2.75, 3.05) is 22.1 Å². The minimum absolute atomic E-state index is 0.197. The molecular formula is C18H19N3OS. The van der Waals surface area contributed by atoms with Gasteiger partial charge in [-0.2, -0.15) is 0 Å². The van der Waals surface area contributed by atoms with Crippen LogP contribution in [-0.2, 0) is 4.79 Å². The number of hydrogen-bond acceptors (Lipinski definition) is 2. The molecule has 4 nitrogen and oxygen atoms in total. The van der Waals surface area contributed by atoms with E-state index in [4.69, 9.17) is 12.2 Å². The van der Waals surface area contributed by atoms with Gasteiger partial charge in [0.1, 0.15) is 0 Å². The Morgan fingerprint density at radius 3 is 2.09 bits per heavy atom. The molecule has 118 valence electrons. The van der Waals surface area contributed by atoms with E-state index in [1.54, 1.807) is 0 Å². The number of nitrogens with one attached hydrogen (secondary N) is 2. The van der Waals surface area contributed by atoms with Gasteiger partial charge < -0.3 is 15.5 Å². The van der Waals surface area contributed by atoms with Crippen LogP contribution >= 0.6 is 12.2 Å². The number of carbonyl (C=O) groups excluding carboxylic acids is 1. The zero-order valence-electron chi connectivity index (χ0n) is 13.0. The molecule has 0 saturated carbocycles. The Labute approximate surface area is 141 Å². The van der Waals surface area contributed by atoms with Crippen LogP contribution in [0.1, 0.15) is 18.4 Å². The highest BCUT2D eigenvalue weighted by atomic mass is 32.1. The first-order valence-electron chi connectivity index (χ1n) is 7.67. The molecule has 5 heteroatoms. The Morgan fingerprint density at radius 1 is 1.00 bits per heavy atom. The summed E-state index contributed by atoms with van der Waals surface area (Å²) in [4.78, 5) is 13.6. The highest BCUT2D eigenvalue weighted by Gasteiger charge is 2.21. The summed E-state index contributed by atoms with van der Waals surface area (Å²) in [5.74, 6) is 0.197. The van der Waals surface area contributed by atoms with E-state index in [9.17, 15) is 4.79 Å². The molecule has 23 heavy (non-hydrogen) atoms. The standard InChI is InChI=1S/C18H19N3OS/c1-13-4-6-14(7-5-13)19-18(23)20-15-8-10-16(11-9-15)21-12-2-3-17(21)22/h4-11H,2-3,12H2,1H3,(H2,19,20,23). The zero-order valence-corrected chi connectivity index (χ0v) is 13.8. The molecule has 1 fully saturated rings. The van der Waals surface area contributed by atoms with E-state index in [1.807, 2.05) is 60.4 Å². The third-order valence-electron chi connectivity index (χ3n) is 3.82. The monoisotopic (exact) mass is 325 g/mol. The average molecular weight is 325 g/mol. The first-order chi connectivity index (χ1) is 11.1. The lowest BCUT2D eigenvalue weighted by atomic mass is 10.2. The number of anilines is 3. The van der Waals surface area contributed by atoms with Crippen molar-refractivity contribution in [2.24, 2.45) is 0 Å². The molecule has 2 aromatic carbocycles. The fraction of sp³-hybridized carbons (Fsp3) is 0.222. The molecule has 2 N–H and O–H groups in total. The highest BCUT2D eigenvalue weighted by molar-refractivity contribution is 7.80. The van der Waals surface area contributed by atoms with Gasteiger partial charge in [-0.05, 0) is 62.0 Å². The third-order valence-corrected chi connectivity index (χ3v) is 4.02. The topological polar surface area (TPSA) is 44.4 Å². The van der Waals surface area contributed by atoms with Crippen LogP contribution in [0.3, 0.4) is 0 Å². The van der Waals surface area contributed by atoms with Crippen molar-refractivity contribution in [3.8, 4) is 0 Å². The van der Waals surface area contributed by atoms with E-state index < -0.39 is 0 Å². The number of aryl methyl sites for hydroxylation is 1. The molecule has 1 amide bonds. The van der Waals surface area contributed by atoms with Crippen molar-refractivity contribution in [3.63, 3.8) is 0 Å². The summed E-state index contributed by atoms with van der Waals surface area (Å²) >= 11 is 5.32. The molecule has 1 aliphatic rings. The van der Waals surface area contributed by atoms with Gasteiger partial charge in [0, 0.05) is 30.0 Å². The van der Waals surface area contributed by atoms with Gasteiger partial charge in [0.15, 0.2) is 5.11 Å². The second-order valence-corrected chi connectivity index (χ2v) is 6.05. The molecular weight excluding hydrogens is 306 g/mol. The van der Waals surface area contributed by atoms with Gasteiger partial charge in [-0.3, -0.25) is 4.79 Å². The van der Waals surface area contributed by atoms with Crippen LogP contribution in [-0.4, -0.2) is 17.6 Å². The Balaban J connectivity index is 1.60. The lowest BCUT2D eigenvalue weighted by molar-refractivity contribution is -0.117. The Hall–Kier alpha value is -2.40. The summed E-state index contributed by atoms with van der Waals surface area (Å²) in [6.45, 7) is 2.85. The largest absolute Gasteiger partial charge is 0.332 e. The summed E-state index contributed by atoms with van der Waals surface area (Å²) in [6.07, 6.45) is 1.58. The number of carbonyl (C=O) groups is 1. The zero-order chi connectivity index (χ0) is 16.2. The van der Waals surface area contributed by atoms with Crippen molar-refractivity contribution in [1.82, 2.24) is 0 Å². The Morgan fingerprint density at radius 2 is 1.57 bits per heavy atom. The van der Waals surface area contributed by atoms with Gasteiger partial charge in [-0.1, -0.05) is 17.7 Å². The average Bonchev–Trinajstić information content (AvgIpc) is 2.96. The molecule has 1 heterocycles. The first-order valence-corrected chi connectivity index (χ1v) is 8.08. The smallest absolute Gasteiger partial charge is 0.227 e. The van der Waals surface area contributed by atoms with E-state index >= 15 is 0 Å². The van der Waals surface area contributed by atoms with Crippen LogP contribution < -0.4 is 15.5 Å². The number of hydrogen-bond donors (Lipinski definition) is 2. The van der Waals surface area contributed by atoms with Gasteiger partial charge in [0.25, 0.3) is 0 Å². The van der Waals surface area contributed by atoms with Gasteiger partial charge in [0.2, 0.25) is 5.91 Å². The van der Waals surface area contributed by atoms with E-state index in [0.717, 1.165) is 30.0 Å². The SMILES string of the molecule is Cc1ccc(NC(=S)Nc2ccc(N3CCCC3=O)cc2)cc1. The van der Waals surface area contributed by atoms with Crippen LogP contribution in [0, 0.1) is 6.92 Å². The van der Waals surface area contributed by atoms with Gasteiger partial charge >= 0.3 is 0 Å². The van der Waals surface area contributed by atoms with Crippen molar-refractivity contribution in [3.05, 3.63) is 54.1 Å². The van der Waals surface area contributed by atoms with Crippen molar-refractivity contribution in [1.29, 1.82) is 0 Å². The molecule has 0 aliphatic carbocycles. The minimum atomic E-state index is 0.197. The van der Waals surface area contributed by atoms with Crippen LogP contribution in [0.25, 0.3) is 0 Å². The maximum absolute atomic E-state index is 11.7. The second kappa shape index (κ2) is 6.79. The van der Waals surface area contributed by atoms with Crippen molar-refractivity contribution in [2.45, 2.75) is 19.8 Å². The van der Waals surface area contributed by atoms with E-state index in [-0.39, 0.29) is 5.91 Å². The number of thiocarbonyl (C=S) groups is 1. The molecule has 0 unspecified atom stereocenters. The van der Waals surface area contributed by atoms with E-state index in [2.05, 4.69) is 10.6 Å². The Kier molecular flexibility index (Phi) is 4.57. The lowest BCUT2D eigenvalue weighted by Gasteiger charge is -2.16. The molecule has 0 spiro atoms. The molecule has 1 aliphatic heterocycles. The number of nitrogens with zero attached hydrogens (tertiary/aromatic N) is 1. The van der Waals surface area contributed by atoms with Crippen LogP contribution in [0.2, 0.25) is 0 Å². The predicted octanol–water partition coefficient (Wildman–Crippen LogP) is 3.93. The molecule has 2 aromatic rings. The summed E-state index contributed by atoms with van der Waals surface area (Å²) in [5.41, 5.74) is 3.99. The number of amides is 1. The van der Waals surface area contributed by atoms with Gasteiger partial charge in [0.05, 0.1) is 0 Å². The molecule has 3 rings (SSSR count). The number of benzene rings is 2. The van der Waals surface area contributed by atoms with Crippen LogP contribution in [0.5, 0.6) is 0 Å². The van der Waals surface area contributed by atoms with Gasteiger partial charge in [-0.25, -0.2) is 0 Å². The second-order valence-electron chi connectivity index (χ2n) is 5.64. The van der Waals surface area contributed by atoms with Crippen LogP contribution in [0.15, 0.2) is 48.5 Å². The molecule has 1 saturated heterocycles. The van der Waals surface area contributed by atoms with Gasteiger partial charge in [-0.15, -0.1) is 0 Å². The summed E-state index contributed by atoms with van der Waals surface area (Å²) < 4.78 is 0. The quantitative estimate of drug-likeness (QED) is 0.839. The minimum Gasteiger partial charge on any atom is -0.332 e. The first kappa shape index (κ1) is 15.5. The highest BCUT2D eigenvalue weighted by Crippen LogP contribution is 2.23. The third kappa shape index (κ3) is 3.87. The number of rotatable bonds is 3. The van der Waals surface area contributed by atoms with Crippen molar-refractivity contribution >= 4 is 40.3 Å². The summed E-state index contributed by atoms with van der Waals surface area (Å²) in [6, 6.07) is 15.8. The molecule has 0 atom stereocenters. The Bertz CT molecular complexity index is 710. The molecule has 0 aromatic heterocycles. The molecule has 0 bridgehead atoms. The normalized spacial score (nSPS) is 14.0. The van der Waals surface area contributed by atoms with E-state index in [1.165, 1.54) is 5.56 Å². The van der Waals surface area contributed by atoms with Crippen molar-refractivity contribution < 1.29 is 4.79 Å². The summed E-state index contributed by atoms with van der Waals surface area (Å²) in [5, 5.41) is 6.84. The molecule has 0 radical (unpaired) electrons. The maximum atomic E-state index is 11.7. The van der Waals surface area contributed by atoms with E-state index in [0.29, 0.717) is 11.5 Å². The lowest BCUT2D eigenvalue weighted by Crippen LogP contribution is -2.23. The summed E-state index contributed by atoms with van der Waals surface area (Å²) in [7, 11) is 0. The maximum Gasteiger partial charge on any atom is 0.227 e.